The lowest BCUT2D eigenvalue weighted by Gasteiger charge is -2.31. The monoisotopic (exact) mass is 492 g/mol. The van der Waals surface area contributed by atoms with E-state index in [1.165, 1.54) is 0 Å². The molecule has 190 valence electrons. The average Bonchev–Trinajstić information content (AvgIpc) is 3.39. The fourth-order valence-electron chi connectivity index (χ4n) is 5.17. The zero-order valence-corrected chi connectivity index (χ0v) is 20.7. The minimum absolute atomic E-state index is 0.0621. The lowest BCUT2D eigenvalue weighted by Crippen LogP contribution is -2.42. The summed E-state index contributed by atoms with van der Waals surface area (Å²) in [6.07, 6.45) is 0.791. The van der Waals surface area contributed by atoms with E-state index in [4.69, 9.17) is 14.2 Å². The number of aliphatic hydroxyl groups excluding tert-OH is 1. The highest BCUT2D eigenvalue weighted by molar-refractivity contribution is 6.46. The molecule has 1 N–H and O–H groups in total. The number of likely N-dealkylation sites (tertiary alicyclic amines) is 1. The third-order valence-corrected chi connectivity index (χ3v) is 6.98. The Kier molecular flexibility index (Phi) is 6.98. The molecule has 0 spiro atoms. The highest BCUT2D eigenvalue weighted by Crippen LogP contribution is 2.41. The van der Waals surface area contributed by atoms with Crippen molar-refractivity contribution in [2.75, 3.05) is 46.0 Å². The summed E-state index contributed by atoms with van der Waals surface area (Å²) in [4.78, 5) is 30.4. The fraction of sp³-hybridized carbons (Fsp3) is 0.429. The Labute approximate surface area is 211 Å². The van der Waals surface area contributed by atoms with Gasteiger partial charge in [-0.1, -0.05) is 12.1 Å². The van der Waals surface area contributed by atoms with E-state index in [-0.39, 0.29) is 17.4 Å². The van der Waals surface area contributed by atoms with Gasteiger partial charge in [-0.05, 0) is 55.3 Å². The third-order valence-electron chi connectivity index (χ3n) is 6.98. The Balaban J connectivity index is 1.52. The molecule has 0 bridgehead atoms. The van der Waals surface area contributed by atoms with Crippen molar-refractivity contribution in [2.45, 2.75) is 32.4 Å². The summed E-state index contributed by atoms with van der Waals surface area (Å²) in [5, 5.41) is 11.4. The Bertz CT molecular complexity index is 1170. The number of ketones is 1. The van der Waals surface area contributed by atoms with Crippen molar-refractivity contribution in [3.8, 4) is 11.5 Å². The predicted octanol–water partition coefficient (Wildman–Crippen LogP) is 3.16. The van der Waals surface area contributed by atoms with Crippen LogP contribution in [0, 0.1) is 0 Å². The van der Waals surface area contributed by atoms with Crippen LogP contribution in [0.3, 0.4) is 0 Å². The molecule has 2 atom stereocenters. The van der Waals surface area contributed by atoms with E-state index in [2.05, 4.69) is 4.90 Å². The van der Waals surface area contributed by atoms with Gasteiger partial charge in [0, 0.05) is 38.2 Å². The second-order valence-corrected chi connectivity index (χ2v) is 9.40. The number of amides is 1. The number of morpholine rings is 1. The van der Waals surface area contributed by atoms with Crippen LogP contribution in [0.15, 0.2) is 48.0 Å². The minimum Gasteiger partial charge on any atom is -0.507 e. The number of nitrogens with zero attached hydrogens (tertiary/aromatic N) is 2. The number of hydrogen-bond donors (Lipinski definition) is 1. The topological polar surface area (TPSA) is 88.5 Å². The molecule has 2 fully saturated rings. The Morgan fingerprint density at radius 2 is 1.83 bits per heavy atom. The lowest BCUT2D eigenvalue weighted by molar-refractivity contribution is -0.140. The normalized spacial score (nSPS) is 23.6. The molecule has 5 rings (SSSR count). The molecule has 2 aromatic rings. The Morgan fingerprint density at radius 3 is 2.56 bits per heavy atom. The van der Waals surface area contributed by atoms with Crippen LogP contribution in [0.2, 0.25) is 0 Å². The van der Waals surface area contributed by atoms with E-state index in [1.54, 1.807) is 11.0 Å². The first-order chi connectivity index (χ1) is 17.5. The number of fused-ring (bicyclic) bond motifs is 1. The molecule has 2 saturated heterocycles. The number of carbonyl (C=O) groups is 2. The van der Waals surface area contributed by atoms with E-state index in [1.807, 2.05) is 50.2 Å². The molecule has 0 aromatic heterocycles. The van der Waals surface area contributed by atoms with Gasteiger partial charge in [-0.25, -0.2) is 0 Å². The van der Waals surface area contributed by atoms with Crippen LogP contribution in [0.25, 0.3) is 5.76 Å². The smallest absolute Gasteiger partial charge is 0.295 e. The van der Waals surface area contributed by atoms with Gasteiger partial charge in [0.05, 0.1) is 31.4 Å². The maximum Gasteiger partial charge on any atom is 0.295 e. The van der Waals surface area contributed by atoms with Gasteiger partial charge in [-0.3, -0.25) is 14.5 Å². The molecule has 2 unspecified atom stereocenters. The van der Waals surface area contributed by atoms with Crippen molar-refractivity contribution in [3.05, 3.63) is 64.7 Å². The maximum absolute atomic E-state index is 13.3. The van der Waals surface area contributed by atoms with Gasteiger partial charge < -0.3 is 24.2 Å². The van der Waals surface area contributed by atoms with Crippen molar-refractivity contribution in [1.82, 2.24) is 9.80 Å². The molecular weight excluding hydrogens is 460 g/mol. The van der Waals surface area contributed by atoms with E-state index in [9.17, 15) is 14.7 Å². The van der Waals surface area contributed by atoms with Gasteiger partial charge in [-0.2, -0.15) is 0 Å². The van der Waals surface area contributed by atoms with Gasteiger partial charge in [0.1, 0.15) is 23.4 Å². The van der Waals surface area contributed by atoms with Crippen LogP contribution < -0.4 is 9.47 Å². The quantitative estimate of drug-likeness (QED) is 0.361. The number of rotatable bonds is 7. The van der Waals surface area contributed by atoms with Crippen LogP contribution in [-0.2, 0) is 20.7 Å². The van der Waals surface area contributed by atoms with Crippen LogP contribution in [-0.4, -0.2) is 78.7 Å². The van der Waals surface area contributed by atoms with Gasteiger partial charge in [0.25, 0.3) is 11.7 Å². The van der Waals surface area contributed by atoms with Crippen LogP contribution >= 0.6 is 0 Å². The van der Waals surface area contributed by atoms with E-state index in [0.29, 0.717) is 44.2 Å². The van der Waals surface area contributed by atoms with Gasteiger partial charge in [0.15, 0.2) is 0 Å². The van der Waals surface area contributed by atoms with Crippen molar-refractivity contribution < 1.29 is 28.9 Å². The largest absolute Gasteiger partial charge is 0.507 e. The summed E-state index contributed by atoms with van der Waals surface area (Å²) in [7, 11) is 0. The third kappa shape index (κ3) is 4.70. The summed E-state index contributed by atoms with van der Waals surface area (Å²) in [6.45, 7) is 8.32. The second kappa shape index (κ2) is 10.3. The lowest BCUT2D eigenvalue weighted by atomic mass is 9.94. The molecule has 3 aliphatic heterocycles. The number of ether oxygens (including phenoxy) is 3. The number of hydrogen-bond acceptors (Lipinski definition) is 7. The average molecular weight is 493 g/mol. The highest BCUT2D eigenvalue weighted by atomic mass is 16.5. The molecule has 3 aliphatic rings. The SMILES string of the molecule is CCOc1ccc(C2C(=C(O)c3ccc4c(c3)CC(C)O4)C(=O)C(=O)N2CCN2CCOCC2)cc1. The minimum atomic E-state index is -0.690. The van der Waals surface area contributed by atoms with E-state index < -0.39 is 17.7 Å². The van der Waals surface area contributed by atoms with Crippen molar-refractivity contribution in [3.63, 3.8) is 0 Å². The molecule has 0 aliphatic carbocycles. The zero-order chi connectivity index (χ0) is 25.2. The summed E-state index contributed by atoms with van der Waals surface area (Å²) in [5.74, 6) is 0.0658. The van der Waals surface area contributed by atoms with Crippen molar-refractivity contribution in [1.29, 1.82) is 0 Å². The van der Waals surface area contributed by atoms with Gasteiger partial charge in [0.2, 0.25) is 0 Å². The van der Waals surface area contributed by atoms with E-state index >= 15 is 0 Å². The number of carbonyl (C=O) groups excluding carboxylic acids is 2. The molecule has 0 radical (unpaired) electrons. The molecule has 1 amide bonds. The van der Waals surface area contributed by atoms with Crippen LogP contribution in [0.4, 0.5) is 0 Å². The van der Waals surface area contributed by atoms with Crippen molar-refractivity contribution in [2.24, 2.45) is 0 Å². The van der Waals surface area contributed by atoms with E-state index in [0.717, 1.165) is 36.4 Å². The summed E-state index contributed by atoms with van der Waals surface area (Å²) in [6, 6.07) is 12.1. The molecule has 8 heteroatoms. The molecule has 8 nitrogen and oxygen atoms in total. The summed E-state index contributed by atoms with van der Waals surface area (Å²) in [5.41, 5.74) is 2.34. The second-order valence-electron chi connectivity index (χ2n) is 9.40. The predicted molar refractivity (Wildman–Crippen MR) is 134 cm³/mol. The summed E-state index contributed by atoms with van der Waals surface area (Å²) < 4.78 is 16.8. The first kappa shape index (κ1) is 24.3. The van der Waals surface area contributed by atoms with Crippen LogP contribution in [0.1, 0.15) is 36.6 Å². The molecule has 2 aromatic carbocycles. The number of Topliss-reactive ketones (excluding diaryl/α,β-unsaturated/α-hetero) is 1. The maximum atomic E-state index is 13.3. The number of benzene rings is 2. The molecular formula is C28H32N2O6. The van der Waals surface area contributed by atoms with Gasteiger partial charge >= 0.3 is 0 Å². The Morgan fingerprint density at radius 1 is 1.08 bits per heavy atom. The summed E-state index contributed by atoms with van der Waals surface area (Å²) >= 11 is 0. The Hall–Kier alpha value is -3.36. The molecule has 0 saturated carbocycles. The van der Waals surface area contributed by atoms with Crippen LogP contribution in [0.5, 0.6) is 11.5 Å². The first-order valence-corrected chi connectivity index (χ1v) is 12.6. The first-order valence-electron chi connectivity index (χ1n) is 12.6. The molecule has 36 heavy (non-hydrogen) atoms. The van der Waals surface area contributed by atoms with Gasteiger partial charge in [-0.15, -0.1) is 0 Å². The van der Waals surface area contributed by atoms with Crippen molar-refractivity contribution >= 4 is 17.4 Å². The fourth-order valence-corrected chi connectivity index (χ4v) is 5.17. The number of aliphatic hydroxyl groups is 1. The highest BCUT2D eigenvalue weighted by Gasteiger charge is 2.46. The standard InChI is InChI=1S/C28H32N2O6/c1-3-35-22-7-4-19(5-8-22)25-24(26(31)20-6-9-23-21(17-20)16-18(2)36-23)27(32)28(33)30(25)11-10-29-12-14-34-15-13-29/h4-9,17-18,25,31H,3,10-16H2,1-2H3. The molecule has 3 heterocycles. The zero-order valence-electron chi connectivity index (χ0n) is 20.7.